The molecule has 1 atom stereocenters. The minimum Gasteiger partial charge on any atom is -0.379 e. The standard InChI is InChI=1S/C26H35N3O3/c1-19(2)24(28-14-16-32-17-15-28)18-27-25(30)21-10-12-29(13-11-21)26(31)23-9-5-7-20-6-3-4-8-22(20)23/h3-9,19,21,24H,10-18H2,1-2H3,(H,27,30). The van der Waals surface area contributed by atoms with Gasteiger partial charge in [-0.3, -0.25) is 14.5 Å². The molecule has 0 aromatic heterocycles. The zero-order valence-corrected chi connectivity index (χ0v) is 19.3. The van der Waals surface area contributed by atoms with Gasteiger partial charge in [0.25, 0.3) is 5.91 Å². The summed E-state index contributed by atoms with van der Waals surface area (Å²) in [4.78, 5) is 30.4. The molecule has 0 spiro atoms. The first-order valence-corrected chi connectivity index (χ1v) is 11.9. The minimum atomic E-state index is -0.0240. The molecule has 2 aliphatic heterocycles. The number of hydrogen-bond donors (Lipinski definition) is 1. The van der Waals surface area contributed by atoms with Crippen molar-refractivity contribution in [2.24, 2.45) is 11.8 Å². The van der Waals surface area contributed by atoms with Crippen LogP contribution in [-0.4, -0.2) is 73.6 Å². The molecule has 6 nitrogen and oxygen atoms in total. The SMILES string of the molecule is CC(C)C(CNC(=O)C1CCN(C(=O)c2cccc3ccccc23)CC1)N1CCOCC1. The summed E-state index contributed by atoms with van der Waals surface area (Å²) in [6.07, 6.45) is 1.43. The van der Waals surface area contributed by atoms with E-state index in [2.05, 4.69) is 24.1 Å². The molecule has 2 saturated heterocycles. The minimum absolute atomic E-state index is 0.0240. The summed E-state index contributed by atoms with van der Waals surface area (Å²) in [6, 6.07) is 14.2. The van der Waals surface area contributed by atoms with Gasteiger partial charge in [0, 0.05) is 50.2 Å². The van der Waals surface area contributed by atoms with Gasteiger partial charge >= 0.3 is 0 Å². The van der Waals surface area contributed by atoms with E-state index in [1.807, 2.05) is 47.4 Å². The van der Waals surface area contributed by atoms with E-state index in [1.165, 1.54) is 0 Å². The van der Waals surface area contributed by atoms with E-state index in [-0.39, 0.29) is 17.7 Å². The first-order valence-electron chi connectivity index (χ1n) is 11.9. The van der Waals surface area contributed by atoms with Gasteiger partial charge in [0.1, 0.15) is 0 Å². The van der Waals surface area contributed by atoms with Gasteiger partial charge in [-0.05, 0) is 35.6 Å². The van der Waals surface area contributed by atoms with E-state index >= 15 is 0 Å². The lowest BCUT2D eigenvalue weighted by Crippen LogP contribution is -2.52. The maximum Gasteiger partial charge on any atom is 0.254 e. The molecule has 4 rings (SSSR count). The van der Waals surface area contributed by atoms with Gasteiger partial charge in [0.15, 0.2) is 0 Å². The predicted molar refractivity (Wildman–Crippen MR) is 127 cm³/mol. The number of fused-ring (bicyclic) bond motifs is 1. The van der Waals surface area contributed by atoms with Crippen molar-refractivity contribution in [3.05, 3.63) is 48.0 Å². The quantitative estimate of drug-likeness (QED) is 0.754. The van der Waals surface area contributed by atoms with Crippen molar-refractivity contribution < 1.29 is 14.3 Å². The lowest BCUT2D eigenvalue weighted by molar-refractivity contribution is -0.126. The highest BCUT2D eigenvalue weighted by Crippen LogP contribution is 2.24. The summed E-state index contributed by atoms with van der Waals surface area (Å²) in [6.45, 7) is 9.72. The highest BCUT2D eigenvalue weighted by Gasteiger charge is 2.30. The lowest BCUT2D eigenvalue weighted by Gasteiger charge is -2.37. The number of ether oxygens (including phenoxy) is 1. The molecule has 2 fully saturated rings. The fraction of sp³-hybridized carbons (Fsp3) is 0.538. The van der Waals surface area contributed by atoms with Gasteiger partial charge < -0.3 is 15.0 Å². The van der Waals surface area contributed by atoms with Crippen LogP contribution in [0.4, 0.5) is 0 Å². The molecular weight excluding hydrogens is 402 g/mol. The first-order chi connectivity index (χ1) is 15.5. The molecule has 2 aliphatic rings. The highest BCUT2D eigenvalue weighted by atomic mass is 16.5. The van der Waals surface area contributed by atoms with Crippen molar-refractivity contribution in [1.29, 1.82) is 0 Å². The lowest BCUT2D eigenvalue weighted by atomic mass is 9.94. The van der Waals surface area contributed by atoms with Gasteiger partial charge in [-0.25, -0.2) is 0 Å². The Labute approximate surface area is 190 Å². The van der Waals surface area contributed by atoms with Crippen LogP contribution in [0.15, 0.2) is 42.5 Å². The second kappa shape index (κ2) is 10.5. The van der Waals surface area contributed by atoms with Crippen LogP contribution in [0.3, 0.4) is 0 Å². The summed E-state index contributed by atoms with van der Waals surface area (Å²) in [7, 11) is 0. The molecule has 2 aromatic carbocycles. The third kappa shape index (κ3) is 5.13. The summed E-state index contributed by atoms with van der Waals surface area (Å²) in [5.74, 6) is 0.631. The largest absolute Gasteiger partial charge is 0.379 e. The van der Waals surface area contributed by atoms with Crippen molar-refractivity contribution in [3.63, 3.8) is 0 Å². The van der Waals surface area contributed by atoms with Gasteiger partial charge in [0.2, 0.25) is 5.91 Å². The third-order valence-corrected chi connectivity index (χ3v) is 6.94. The smallest absolute Gasteiger partial charge is 0.254 e. The van der Waals surface area contributed by atoms with E-state index in [0.29, 0.717) is 44.4 Å². The molecule has 32 heavy (non-hydrogen) atoms. The number of carbonyl (C=O) groups is 2. The number of benzene rings is 2. The Bertz CT molecular complexity index is 926. The number of nitrogens with zero attached hydrogens (tertiary/aromatic N) is 2. The molecular formula is C26H35N3O3. The number of hydrogen-bond acceptors (Lipinski definition) is 4. The van der Waals surface area contributed by atoms with E-state index in [9.17, 15) is 9.59 Å². The monoisotopic (exact) mass is 437 g/mol. The number of rotatable bonds is 6. The third-order valence-electron chi connectivity index (χ3n) is 6.94. The van der Waals surface area contributed by atoms with Crippen LogP contribution in [-0.2, 0) is 9.53 Å². The number of carbonyl (C=O) groups excluding carboxylic acids is 2. The van der Waals surface area contributed by atoms with Gasteiger partial charge in [-0.2, -0.15) is 0 Å². The van der Waals surface area contributed by atoms with E-state index < -0.39 is 0 Å². The maximum atomic E-state index is 13.2. The molecule has 0 saturated carbocycles. The second-order valence-corrected chi connectivity index (χ2v) is 9.30. The fourth-order valence-electron chi connectivity index (χ4n) is 4.97. The number of amides is 2. The number of likely N-dealkylation sites (tertiary alicyclic amines) is 1. The number of morpholine rings is 1. The summed E-state index contributed by atoms with van der Waals surface area (Å²) in [5.41, 5.74) is 0.747. The average Bonchev–Trinajstić information content (AvgIpc) is 2.84. The zero-order valence-electron chi connectivity index (χ0n) is 19.3. The Kier molecular flexibility index (Phi) is 7.43. The van der Waals surface area contributed by atoms with Crippen molar-refractivity contribution >= 4 is 22.6 Å². The van der Waals surface area contributed by atoms with Crippen LogP contribution in [0, 0.1) is 11.8 Å². The highest BCUT2D eigenvalue weighted by molar-refractivity contribution is 6.07. The summed E-state index contributed by atoms with van der Waals surface area (Å²) < 4.78 is 5.47. The van der Waals surface area contributed by atoms with E-state index in [4.69, 9.17) is 4.74 Å². The van der Waals surface area contributed by atoms with Gasteiger partial charge in [-0.15, -0.1) is 0 Å². The maximum absolute atomic E-state index is 13.2. The van der Waals surface area contributed by atoms with Crippen LogP contribution in [0.5, 0.6) is 0 Å². The van der Waals surface area contributed by atoms with Crippen molar-refractivity contribution in [3.8, 4) is 0 Å². The number of nitrogens with one attached hydrogen (secondary N) is 1. The molecule has 0 bridgehead atoms. The van der Waals surface area contributed by atoms with Crippen molar-refractivity contribution in [2.45, 2.75) is 32.7 Å². The van der Waals surface area contributed by atoms with Crippen LogP contribution < -0.4 is 5.32 Å². The predicted octanol–water partition coefficient (Wildman–Crippen LogP) is 3.17. The Hall–Kier alpha value is -2.44. The molecule has 6 heteroatoms. The van der Waals surface area contributed by atoms with Crippen LogP contribution in [0.2, 0.25) is 0 Å². The molecule has 172 valence electrons. The van der Waals surface area contributed by atoms with Crippen LogP contribution >= 0.6 is 0 Å². The van der Waals surface area contributed by atoms with E-state index in [0.717, 1.165) is 42.6 Å². The summed E-state index contributed by atoms with van der Waals surface area (Å²) in [5, 5.41) is 5.27. The molecule has 0 radical (unpaired) electrons. The van der Waals surface area contributed by atoms with Crippen molar-refractivity contribution in [2.75, 3.05) is 45.9 Å². The number of piperidine rings is 1. The average molecular weight is 438 g/mol. The Morgan fingerprint density at radius 2 is 1.69 bits per heavy atom. The topological polar surface area (TPSA) is 61.9 Å². The molecule has 2 aromatic rings. The Morgan fingerprint density at radius 3 is 2.41 bits per heavy atom. The van der Waals surface area contributed by atoms with Crippen molar-refractivity contribution in [1.82, 2.24) is 15.1 Å². The van der Waals surface area contributed by atoms with Crippen LogP contribution in [0.1, 0.15) is 37.0 Å². The molecule has 2 amide bonds. The molecule has 1 N–H and O–H groups in total. The first kappa shape index (κ1) is 22.7. The van der Waals surface area contributed by atoms with Gasteiger partial charge in [-0.1, -0.05) is 50.2 Å². The molecule has 0 aliphatic carbocycles. The van der Waals surface area contributed by atoms with E-state index in [1.54, 1.807) is 0 Å². The van der Waals surface area contributed by atoms with Gasteiger partial charge in [0.05, 0.1) is 13.2 Å². The van der Waals surface area contributed by atoms with Crippen LogP contribution in [0.25, 0.3) is 10.8 Å². The second-order valence-electron chi connectivity index (χ2n) is 9.30. The summed E-state index contributed by atoms with van der Waals surface area (Å²) >= 11 is 0. The molecule has 1 unspecified atom stereocenters. The normalized spacial score (nSPS) is 19.3. The Balaban J connectivity index is 1.31. The Morgan fingerprint density at radius 1 is 1.00 bits per heavy atom. The molecule has 2 heterocycles. The zero-order chi connectivity index (χ0) is 22.5. The fourth-order valence-corrected chi connectivity index (χ4v) is 4.97.